The molecule has 2 amide bonds. The number of halogens is 1. The fourth-order valence-corrected chi connectivity index (χ4v) is 3.84. The Kier molecular flexibility index (Phi) is 8.98. The minimum absolute atomic E-state index is 0.126. The Morgan fingerprint density at radius 1 is 1.12 bits per heavy atom. The second-order valence-electron chi connectivity index (χ2n) is 7.52. The van der Waals surface area contributed by atoms with Crippen molar-refractivity contribution in [1.29, 1.82) is 0 Å². The van der Waals surface area contributed by atoms with Gasteiger partial charge < -0.3 is 15.4 Å². The molecule has 11 heteroatoms. The lowest BCUT2D eigenvalue weighted by Gasteiger charge is -2.22. The van der Waals surface area contributed by atoms with E-state index in [4.69, 9.17) is 21.5 Å². The smallest absolute Gasteiger partial charge is 0.329 e. The van der Waals surface area contributed by atoms with Crippen molar-refractivity contribution in [3.8, 4) is 0 Å². The molecule has 0 aliphatic rings. The average Bonchev–Trinajstić information content (AvgIpc) is 2.76. The lowest BCUT2D eigenvalue weighted by Crippen LogP contribution is -2.46. The number of hydrogen-bond donors (Lipinski definition) is 3. The number of sulfonamides is 1. The van der Waals surface area contributed by atoms with Gasteiger partial charge in [-0.25, -0.2) is 18.4 Å². The number of benzene rings is 2. The van der Waals surface area contributed by atoms with Crippen molar-refractivity contribution in [2.45, 2.75) is 38.1 Å². The van der Waals surface area contributed by atoms with Crippen LogP contribution in [0.15, 0.2) is 47.4 Å². The van der Waals surface area contributed by atoms with Crippen LogP contribution in [-0.2, 0) is 24.3 Å². The maximum atomic E-state index is 12.6. The van der Waals surface area contributed by atoms with Gasteiger partial charge in [-0.1, -0.05) is 37.9 Å². The molecule has 0 heterocycles. The van der Waals surface area contributed by atoms with Gasteiger partial charge in [0.05, 0.1) is 4.90 Å². The number of nitrogens with one attached hydrogen (secondary N) is 2. The van der Waals surface area contributed by atoms with E-state index in [0.29, 0.717) is 22.6 Å². The van der Waals surface area contributed by atoms with Crippen molar-refractivity contribution in [2.75, 3.05) is 11.9 Å². The van der Waals surface area contributed by atoms with E-state index < -0.39 is 40.5 Å². The van der Waals surface area contributed by atoms with Gasteiger partial charge in [0.2, 0.25) is 10.0 Å². The largest absolute Gasteiger partial charge is 0.454 e. The SMILES string of the molecule is CC[C@H](C)[C@H](NC(=O)c1ccc(Cl)cc1)C(=O)OCC(=O)Nc1ccc(C)c(S(N)(=O)=O)c1. The molecule has 0 spiro atoms. The van der Waals surface area contributed by atoms with Crippen LogP contribution in [0, 0.1) is 12.8 Å². The van der Waals surface area contributed by atoms with Crippen molar-refractivity contribution >= 4 is 45.1 Å². The summed E-state index contributed by atoms with van der Waals surface area (Å²) in [6, 6.07) is 9.42. The van der Waals surface area contributed by atoms with Crippen LogP contribution in [0.25, 0.3) is 0 Å². The van der Waals surface area contributed by atoms with Gasteiger partial charge in [0.25, 0.3) is 11.8 Å². The van der Waals surface area contributed by atoms with Gasteiger partial charge in [0, 0.05) is 16.3 Å². The molecule has 178 valence electrons. The van der Waals surface area contributed by atoms with Gasteiger partial charge in [0.15, 0.2) is 6.61 Å². The molecule has 2 aromatic rings. The minimum atomic E-state index is -3.96. The van der Waals surface area contributed by atoms with Crippen molar-refractivity contribution in [1.82, 2.24) is 5.32 Å². The number of rotatable bonds is 9. The molecule has 0 aliphatic heterocycles. The molecule has 0 saturated heterocycles. The maximum absolute atomic E-state index is 12.6. The summed E-state index contributed by atoms with van der Waals surface area (Å²) in [5, 5.41) is 10.7. The number of aryl methyl sites for hydroxylation is 1. The van der Waals surface area contributed by atoms with E-state index in [0.717, 1.165) is 0 Å². The molecule has 0 bridgehead atoms. The van der Waals surface area contributed by atoms with Crippen LogP contribution in [0.4, 0.5) is 5.69 Å². The summed E-state index contributed by atoms with van der Waals surface area (Å²) in [4.78, 5) is 37.2. The molecule has 9 nitrogen and oxygen atoms in total. The van der Waals surface area contributed by atoms with Crippen LogP contribution in [0.2, 0.25) is 5.02 Å². The van der Waals surface area contributed by atoms with Gasteiger partial charge in [-0.3, -0.25) is 9.59 Å². The third-order valence-electron chi connectivity index (χ3n) is 4.98. The van der Waals surface area contributed by atoms with Gasteiger partial charge in [-0.2, -0.15) is 0 Å². The number of carbonyl (C=O) groups excluding carboxylic acids is 3. The molecular weight excluding hydrogens is 470 g/mol. The molecule has 0 saturated carbocycles. The first-order valence-electron chi connectivity index (χ1n) is 10.1. The highest BCUT2D eigenvalue weighted by atomic mass is 35.5. The number of esters is 1. The third kappa shape index (κ3) is 7.55. The molecule has 33 heavy (non-hydrogen) atoms. The Hall–Kier alpha value is -2.95. The zero-order chi connectivity index (χ0) is 24.8. The van der Waals surface area contributed by atoms with Gasteiger partial charge >= 0.3 is 5.97 Å². The van der Waals surface area contributed by atoms with Crippen LogP contribution in [0.3, 0.4) is 0 Å². The maximum Gasteiger partial charge on any atom is 0.329 e. The van der Waals surface area contributed by atoms with Gasteiger partial charge in [-0.05, 0) is 54.8 Å². The highest BCUT2D eigenvalue weighted by Crippen LogP contribution is 2.19. The van der Waals surface area contributed by atoms with E-state index in [2.05, 4.69) is 10.6 Å². The second kappa shape index (κ2) is 11.3. The van der Waals surface area contributed by atoms with E-state index in [1.165, 1.54) is 30.3 Å². The Labute approximate surface area is 197 Å². The molecule has 0 aromatic heterocycles. The van der Waals surface area contributed by atoms with Crippen LogP contribution in [0.5, 0.6) is 0 Å². The van der Waals surface area contributed by atoms with Crippen LogP contribution < -0.4 is 15.8 Å². The summed E-state index contributed by atoms with van der Waals surface area (Å²) in [6.45, 7) is 4.57. The first-order valence-corrected chi connectivity index (χ1v) is 12.0. The summed E-state index contributed by atoms with van der Waals surface area (Å²) < 4.78 is 28.4. The molecular formula is C22H26ClN3O6S. The monoisotopic (exact) mass is 495 g/mol. The number of ether oxygens (including phenoxy) is 1. The number of hydrogen-bond acceptors (Lipinski definition) is 6. The van der Waals surface area contributed by atoms with Crippen molar-refractivity contribution in [2.24, 2.45) is 11.1 Å². The quantitative estimate of drug-likeness (QED) is 0.456. The number of primary sulfonamides is 1. The van der Waals surface area contributed by atoms with Crippen LogP contribution in [0.1, 0.15) is 36.2 Å². The molecule has 4 N–H and O–H groups in total. The predicted octanol–water partition coefficient (Wildman–Crippen LogP) is 2.62. The van der Waals surface area contributed by atoms with Gasteiger partial charge in [0.1, 0.15) is 6.04 Å². The summed E-state index contributed by atoms with van der Waals surface area (Å²) >= 11 is 5.83. The average molecular weight is 496 g/mol. The molecule has 0 fully saturated rings. The van der Waals surface area contributed by atoms with Crippen molar-refractivity contribution in [3.63, 3.8) is 0 Å². The highest BCUT2D eigenvalue weighted by molar-refractivity contribution is 7.89. The number of anilines is 1. The van der Waals surface area contributed by atoms with E-state index in [1.54, 1.807) is 26.0 Å². The lowest BCUT2D eigenvalue weighted by atomic mass is 9.99. The minimum Gasteiger partial charge on any atom is -0.454 e. The van der Waals surface area contributed by atoms with Crippen molar-refractivity contribution < 1.29 is 27.5 Å². The topological polar surface area (TPSA) is 145 Å². The fourth-order valence-electron chi connectivity index (χ4n) is 2.90. The molecule has 0 radical (unpaired) electrons. The fraction of sp³-hybridized carbons (Fsp3) is 0.318. The van der Waals surface area contributed by atoms with E-state index >= 15 is 0 Å². The lowest BCUT2D eigenvalue weighted by molar-refractivity contribution is -0.150. The van der Waals surface area contributed by atoms with Gasteiger partial charge in [-0.15, -0.1) is 0 Å². The van der Waals surface area contributed by atoms with E-state index in [9.17, 15) is 22.8 Å². The van der Waals surface area contributed by atoms with Crippen LogP contribution >= 0.6 is 11.6 Å². The zero-order valence-corrected chi connectivity index (χ0v) is 20.0. The Bertz CT molecular complexity index is 1140. The Morgan fingerprint density at radius 2 is 1.76 bits per heavy atom. The second-order valence-corrected chi connectivity index (χ2v) is 9.49. The summed E-state index contributed by atoms with van der Waals surface area (Å²) in [5.74, 6) is -2.18. The zero-order valence-electron chi connectivity index (χ0n) is 18.4. The first-order chi connectivity index (χ1) is 15.4. The van der Waals surface area contributed by atoms with E-state index in [1.807, 2.05) is 6.92 Å². The summed E-state index contributed by atoms with van der Waals surface area (Å²) in [7, 11) is -3.96. The summed E-state index contributed by atoms with van der Waals surface area (Å²) in [5.41, 5.74) is 0.929. The Morgan fingerprint density at radius 3 is 2.33 bits per heavy atom. The molecule has 2 atom stereocenters. The summed E-state index contributed by atoms with van der Waals surface area (Å²) in [6.07, 6.45) is 0.576. The van der Waals surface area contributed by atoms with E-state index in [-0.39, 0.29) is 16.5 Å². The molecule has 2 aromatic carbocycles. The number of carbonyl (C=O) groups is 3. The predicted molar refractivity (Wildman–Crippen MR) is 124 cm³/mol. The molecule has 0 unspecified atom stereocenters. The normalized spacial score (nSPS) is 13.0. The first kappa shape index (κ1) is 26.3. The highest BCUT2D eigenvalue weighted by Gasteiger charge is 2.28. The molecule has 2 rings (SSSR count). The standard InChI is InChI=1S/C22H26ClN3O6S/c1-4-13(2)20(26-21(28)15-6-8-16(23)9-7-15)22(29)32-12-19(27)25-17-10-5-14(3)18(11-17)33(24,30)31/h5-11,13,20H,4,12H2,1-3H3,(H,25,27)(H,26,28)(H2,24,30,31)/t13-,20-/m0/s1. The van der Waals surface area contributed by atoms with Crippen LogP contribution in [-0.4, -0.2) is 38.9 Å². The molecule has 0 aliphatic carbocycles. The number of amides is 2. The third-order valence-corrected chi connectivity index (χ3v) is 6.29. The van der Waals surface area contributed by atoms with Crippen molar-refractivity contribution in [3.05, 3.63) is 58.6 Å². The number of nitrogens with two attached hydrogens (primary N) is 1. The Balaban J connectivity index is 2.02.